The summed E-state index contributed by atoms with van der Waals surface area (Å²) in [5, 5.41) is 0. The highest BCUT2D eigenvalue weighted by atomic mass is 19.1. The van der Waals surface area contributed by atoms with Gasteiger partial charge in [0, 0.05) is 24.6 Å². The lowest BCUT2D eigenvalue weighted by Crippen LogP contribution is -2.41. The summed E-state index contributed by atoms with van der Waals surface area (Å²) in [5.74, 6) is 0.309. The van der Waals surface area contributed by atoms with E-state index in [1.54, 1.807) is 19.1 Å². The van der Waals surface area contributed by atoms with Crippen LogP contribution < -0.4 is 19.8 Å². The van der Waals surface area contributed by atoms with Gasteiger partial charge in [-0.2, -0.15) is 0 Å². The zero-order valence-electron chi connectivity index (χ0n) is 21.6. The van der Waals surface area contributed by atoms with Crippen molar-refractivity contribution in [1.82, 2.24) is 0 Å². The highest BCUT2D eigenvalue weighted by Gasteiger charge is 2.52. The van der Waals surface area contributed by atoms with E-state index >= 15 is 4.39 Å². The van der Waals surface area contributed by atoms with Crippen molar-refractivity contribution in [1.29, 1.82) is 0 Å². The van der Waals surface area contributed by atoms with Gasteiger partial charge in [0.2, 0.25) is 0 Å². The van der Waals surface area contributed by atoms with E-state index in [9.17, 15) is 4.39 Å². The lowest BCUT2D eigenvalue weighted by molar-refractivity contribution is 0.00578. The van der Waals surface area contributed by atoms with E-state index in [4.69, 9.17) is 18.8 Å². The van der Waals surface area contributed by atoms with Crippen LogP contribution >= 0.6 is 0 Å². The summed E-state index contributed by atoms with van der Waals surface area (Å²) in [6, 6.07) is 17.4. The van der Waals surface area contributed by atoms with Gasteiger partial charge < -0.3 is 23.7 Å². The third kappa shape index (κ3) is 5.35. The molecule has 5 nitrogen and oxygen atoms in total. The first-order valence-corrected chi connectivity index (χ1v) is 11.9. The SMILES string of the molecule is COc1ccc(CN(Cc2ccc(OC)cc2)c2cc(F)cc(B3OC(C)(C)C(C)(C)O3)c2F)cc1. The third-order valence-electron chi connectivity index (χ3n) is 6.96. The first-order valence-electron chi connectivity index (χ1n) is 11.9. The average Bonchev–Trinajstić information content (AvgIpc) is 3.07. The van der Waals surface area contributed by atoms with Crippen molar-refractivity contribution in [2.24, 2.45) is 0 Å². The fraction of sp³-hybridized carbons (Fsp3) is 0.357. The van der Waals surface area contributed by atoms with Crippen LogP contribution in [-0.2, 0) is 22.4 Å². The van der Waals surface area contributed by atoms with E-state index in [-0.39, 0.29) is 11.2 Å². The Morgan fingerprint density at radius 2 is 1.19 bits per heavy atom. The first-order chi connectivity index (χ1) is 17.0. The van der Waals surface area contributed by atoms with Crippen LogP contribution in [0.1, 0.15) is 38.8 Å². The molecule has 0 spiro atoms. The second-order valence-electron chi connectivity index (χ2n) is 9.97. The zero-order valence-corrected chi connectivity index (χ0v) is 21.6. The van der Waals surface area contributed by atoms with Crippen LogP contribution in [0.15, 0.2) is 60.7 Å². The molecular weight excluding hydrogens is 463 g/mol. The maximum absolute atomic E-state index is 16.1. The van der Waals surface area contributed by atoms with Crippen LogP contribution in [0.3, 0.4) is 0 Å². The lowest BCUT2D eigenvalue weighted by Gasteiger charge is -2.32. The summed E-state index contributed by atoms with van der Waals surface area (Å²) in [6.07, 6.45) is 0. The number of nitrogens with zero attached hydrogens (tertiary/aromatic N) is 1. The van der Waals surface area contributed by atoms with E-state index in [2.05, 4.69) is 0 Å². The number of hydrogen-bond donors (Lipinski definition) is 0. The molecule has 1 heterocycles. The quantitative estimate of drug-likeness (QED) is 0.387. The largest absolute Gasteiger partial charge is 0.498 e. The molecule has 0 unspecified atom stereocenters. The first kappa shape index (κ1) is 26.0. The van der Waals surface area contributed by atoms with Crippen molar-refractivity contribution in [3.63, 3.8) is 0 Å². The fourth-order valence-electron chi connectivity index (χ4n) is 4.10. The van der Waals surface area contributed by atoms with Crippen molar-refractivity contribution >= 4 is 18.3 Å². The molecule has 8 heteroatoms. The van der Waals surface area contributed by atoms with Crippen molar-refractivity contribution in [3.8, 4) is 11.5 Å². The van der Waals surface area contributed by atoms with Gasteiger partial charge in [-0.25, -0.2) is 8.78 Å². The molecule has 36 heavy (non-hydrogen) atoms. The van der Waals surface area contributed by atoms with Gasteiger partial charge in [-0.3, -0.25) is 0 Å². The molecule has 0 saturated carbocycles. The molecule has 3 aromatic rings. The molecule has 190 valence electrons. The van der Waals surface area contributed by atoms with Gasteiger partial charge >= 0.3 is 7.12 Å². The average molecular weight is 495 g/mol. The summed E-state index contributed by atoms with van der Waals surface area (Å²) >= 11 is 0. The minimum Gasteiger partial charge on any atom is -0.497 e. The zero-order chi connectivity index (χ0) is 26.1. The molecular formula is C28H32BF2NO4. The minimum absolute atomic E-state index is 0.0399. The monoisotopic (exact) mass is 495 g/mol. The molecule has 1 fully saturated rings. The summed E-state index contributed by atoms with van der Waals surface area (Å²) in [5.41, 5.74) is 0.657. The molecule has 0 radical (unpaired) electrons. The molecule has 0 aliphatic carbocycles. The summed E-state index contributed by atoms with van der Waals surface area (Å²) in [4.78, 5) is 1.80. The van der Waals surface area contributed by atoms with Gasteiger partial charge in [0.1, 0.15) is 23.1 Å². The van der Waals surface area contributed by atoms with Gasteiger partial charge in [-0.05, 0) is 69.2 Å². The maximum Gasteiger partial charge on any atom is 0.498 e. The number of ether oxygens (including phenoxy) is 2. The van der Waals surface area contributed by atoms with Crippen LogP contribution in [0.4, 0.5) is 14.5 Å². The molecule has 0 amide bonds. The molecule has 1 aliphatic rings. The summed E-state index contributed by atoms with van der Waals surface area (Å²) in [7, 11) is 2.18. The standard InChI is InChI=1S/C28H32BF2NO4/c1-27(2)28(3,4)36-29(35-27)24-15-21(30)16-25(26(24)31)32(17-19-7-11-22(33-5)12-8-19)18-20-9-13-23(34-6)14-10-20/h7-16H,17-18H2,1-6H3. The van der Waals surface area contributed by atoms with Crippen LogP contribution in [0, 0.1) is 11.6 Å². The van der Waals surface area contributed by atoms with Crippen LogP contribution in [0.5, 0.6) is 11.5 Å². The molecule has 0 aromatic heterocycles. The maximum atomic E-state index is 16.1. The van der Waals surface area contributed by atoms with Crippen LogP contribution in [0.25, 0.3) is 0 Å². The fourth-order valence-corrected chi connectivity index (χ4v) is 4.10. The number of benzene rings is 3. The molecule has 4 rings (SSSR count). The van der Waals surface area contributed by atoms with E-state index in [1.165, 1.54) is 6.07 Å². The highest BCUT2D eigenvalue weighted by molar-refractivity contribution is 6.62. The Labute approximate surface area is 212 Å². The lowest BCUT2D eigenvalue weighted by atomic mass is 9.78. The molecule has 0 atom stereocenters. The van der Waals surface area contributed by atoms with E-state index < -0.39 is 30.0 Å². The molecule has 1 saturated heterocycles. The van der Waals surface area contributed by atoms with Gasteiger partial charge in [-0.15, -0.1) is 0 Å². The molecule has 1 aliphatic heterocycles. The van der Waals surface area contributed by atoms with Crippen molar-refractivity contribution in [2.45, 2.75) is 52.0 Å². The number of rotatable bonds is 8. The van der Waals surface area contributed by atoms with Crippen LogP contribution in [0.2, 0.25) is 0 Å². The van der Waals surface area contributed by atoms with Gasteiger partial charge in [0.15, 0.2) is 0 Å². The van der Waals surface area contributed by atoms with Gasteiger partial charge in [-0.1, -0.05) is 24.3 Å². The Balaban J connectivity index is 1.73. The normalized spacial score (nSPS) is 16.2. The van der Waals surface area contributed by atoms with Crippen molar-refractivity contribution in [3.05, 3.63) is 83.4 Å². The Morgan fingerprint density at radius 1 is 0.750 bits per heavy atom. The smallest absolute Gasteiger partial charge is 0.497 e. The van der Waals surface area contributed by atoms with Gasteiger partial charge in [0.05, 0.1) is 31.1 Å². The van der Waals surface area contributed by atoms with E-state index in [0.29, 0.717) is 13.1 Å². The predicted octanol–water partition coefficient (Wildman–Crippen LogP) is 5.49. The molecule has 0 bridgehead atoms. The van der Waals surface area contributed by atoms with Crippen LogP contribution in [-0.4, -0.2) is 32.5 Å². The van der Waals surface area contributed by atoms with Crippen molar-refractivity contribution < 1.29 is 27.6 Å². The van der Waals surface area contributed by atoms with Gasteiger partial charge in [0.25, 0.3) is 0 Å². The second kappa shape index (κ2) is 10.1. The summed E-state index contributed by atoms with van der Waals surface area (Å²) in [6.45, 7) is 8.21. The second-order valence-corrected chi connectivity index (χ2v) is 9.97. The third-order valence-corrected chi connectivity index (χ3v) is 6.96. The molecule has 3 aromatic carbocycles. The highest BCUT2D eigenvalue weighted by Crippen LogP contribution is 2.37. The predicted molar refractivity (Wildman–Crippen MR) is 138 cm³/mol. The van der Waals surface area contributed by atoms with E-state index in [1.807, 2.05) is 76.2 Å². The topological polar surface area (TPSA) is 40.2 Å². The Bertz CT molecular complexity index is 1130. The van der Waals surface area contributed by atoms with E-state index in [0.717, 1.165) is 28.7 Å². The minimum atomic E-state index is -1.02. The number of hydrogen-bond acceptors (Lipinski definition) is 5. The molecule has 0 N–H and O–H groups in total. The Kier molecular flexibility index (Phi) is 7.30. The Hall–Kier alpha value is -3.10. The van der Waals surface area contributed by atoms with Crippen molar-refractivity contribution in [2.75, 3.05) is 19.1 Å². The Morgan fingerprint density at radius 3 is 1.61 bits per heavy atom. The summed E-state index contributed by atoms with van der Waals surface area (Å²) < 4.78 is 53.6. The number of anilines is 1. The number of methoxy groups -OCH3 is 2. The number of halogens is 2.